The van der Waals surface area contributed by atoms with E-state index in [9.17, 15) is 4.39 Å². The zero-order valence-corrected chi connectivity index (χ0v) is 16.4. The maximum atomic E-state index is 14.8. The molecule has 1 atom stereocenters. The summed E-state index contributed by atoms with van der Waals surface area (Å²) in [5, 5.41) is 0. The molecule has 0 radical (unpaired) electrons. The second-order valence-corrected chi connectivity index (χ2v) is 7.05. The van der Waals surface area contributed by atoms with Gasteiger partial charge >= 0.3 is 0 Å². The van der Waals surface area contributed by atoms with Crippen molar-refractivity contribution in [2.75, 3.05) is 20.8 Å². The van der Waals surface area contributed by atoms with E-state index in [2.05, 4.69) is 9.88 Å². The highest BCUT2D eigenvalue weighted by atomic mass is 19.1. The van der Waals surface area contributed by atoms with Crippen molar-refractivity contribution in [3.05, 3.63) is 77.1 Å². The number of aromatic nitrogens is 2. The predicted molar refractivity (Wildman–Crippen MR) is 105 cm³/mol. The van der Waals surface area contributed by atoms with Crippen molar-refractivity contribution in [1.82, 2.24) is 14.5 Å². The van der Waals surface area contributed by atoms with Gasteiger partial charge in [0.05, 0.1) is 32.3 Å². The molecule has 0 bridgehead atoms. The van der Waals surface area contributed by atoms with Gasteiger partial charge in [-0.15, -0.1) is 0 Å². The predicted octanol–water partition coefficient (Wildman–Crippen LogP) is 3.72. The number of benzene rings is 2. The Labute approximate surface area is 164 Å². The fourth-order valence-corrected chi connectivity index (χ4v) is 3.97. The summed E-state index contributed by atoms with van der Waals surface area (Å²) in [4.78, 5) is 6.52. The first-order valence-electron chi connectivity index (χ1n) is 9.30. The van der Waals surface area contributed by atoms with Crippen molar-refractivity contribution in [2.45, 2.75) is 19.0 Å². The van der Waals surface area contributed by atoms with Gasteiger partial charge in [-0.3, -0.25) is 4.90 Å². The van der Waals surface area contributed by atoms with Crippen LogP contribution in [0.1, 0.15) is 28.4 Å². The second kappa shape index (κ2) is 7.64. The Hall–Kier alpha value is -2.86. The molecule has 2 aromatic carbocycles. The van der Waals surface area contributed by atoms with E-state index in [1.54, 1.807) is 26.6 Å². The van der Waals surface area contributed by atoms with Crippen LogP contribution < -0.4 is 9.47 Å². The van der Waals surface area contributed by atoms with Crippen LogP contribution in [0.5, 0.6) is 11.5 Å². The molecule has 0 N–H and O–H groups in total. The van der Waals surface area contributed by atoms with Gasteiger partial charge < -0.3 is 14.0 Å². The lowest BCUT2D eigenvalue weighted by Gasteiger charge is -2.38. The molecule has 0 amide bonds. The molecule has 1 aromatic heterocycles. The highest BCUT2D eigenvalue weighted by Gasteiger charge is 2.32. The molecule has 0 saturated heterocycles. The monoisotopic (exact) mass is 381 g/mol. The van der Waals surface area contributed by atoms with E-state index >= 15 is 0 Å². The van der Waals surface area contributed by atoms with Crippen LogP contribution in [-0.4, -0.2) is 35.2 Å². The van der Waals surface area contributed by atoms with Gasteiger partial charge in [0, 0.05) is 31.9 Å². The van der Waals surface area contributed by atoms with Gasteiger partial charge in [0.2, 0.25) is 0 Å². The van der Waals surface area contributed by atoms with Gasteiger partial charge in [0.15, 0.2) is 11.5 Å². The highest BCUT2D eigenvalue weighted by Crippen LogP contribution is 2.42. The van der Waals surface area contributed by atoms with Crippen molar-refractivity contribution >= 4 is 0 Å². The van der Waals surface area contributed by atoms with Crippen molar-refractivity contribution in [3.63, 3.8) is 0 Å². The molecule has 0 saturated carbocycles. The molecular formula is C22H24FN3O2. The van der Waals surface area contributed by atoms with E-state index < -0.39 is 0 Å². The number of ether oxygens (including phenoxy) is 2. The minimum Gasteiger partial charge on any atom is -0.493 e. The number of hydrogen-bond donors (Lipinski definition) is 0. The Kier molecular flexibility index (Phi) is 5.05. The van der Waals surface area contributed by atoms with Crippen LogP contribution >= 0.6 is 0 Å². The van der Waals surface area contributed by atoms with E-state index in [1.807, 2.05) is 42.1 Å². The van der Waals surface area contributed by atoms with E-state index in [0.717, 1.165) is 29.8 Å². The topological polar surface area (TPSA) is 39.5 Å². The van der Waals surface area contributed by atoms with E-state index in [4.69, 9.17) is 9.47 Å². The molecule has 1 aliphatic heterocycles. The van der Waals surface area contributed by atoms with Gasteiger partial charge in [-0.2, -0.15) is 0 Å². The zero-order chi connectivity index (χ0) is 19.7. The SMILES string of the molecule is COc1cc2c(cc1OC)[C@@H](c1ccccc1F)N(Cc1cncn1C)CC2. The Morgan fingerprint density at radius 1 is 1.11 bits per heavy atom. The molecule has 5 nitrogen and oxygen atoms in total. The second-order valence-electron chi connectivity index (χ2n) is 7.05. The maximum Gasteiger partial charge on any atom is 0.161 e. The van der Waals surface area contributed by atoms with Gasteiger partial charge in [-0.25, -0.2) is 9.37 Å². The van der Waals surface area contributed by atoms with Crippen molar-refractivity contribution < 1.29 is 13.9 Å². The number of aryl methyl sites for hydroxylation is 1. The number of nitrogens with zero attached hydrogens (tertiary/aromatic N) is 3. The minimum absolute atomic E-state index is 0.204. The lowest BCUT2D eigenvalue weighted by molar-refractivity contribution is 0.196. The average molecular weight is 381 g/mol. The van der Waals surface area contributed by atoms with E-state index in [1.165, 1.54) is 6.07 Å². The first-order valence-corrected chi connectivity index (χ1v) is 9.30. The third-order valence-corrected chi connectivity index (χ3v) is 5.45. The van der Waals surface area contributed by atoms with Crippen LogP contribution in [-0.2, 0) is 20.0 Å². The van der Waals surface area contributed by atoms with Crippen molar-refractivity contribution in [1.29, 1.82) is 0 Å². The molecule has 4 rings (SSSR count). The summed E-state index contributed by atoms with van der Waals surface area (Å²) in [6, 6.07) is 10.8. The Bertz CT molecular complexity index is 986. The van der Waals surface area contributed by atoms with Crippen LogP contribution in [0.4, 0.5) is 4.39 Å². The van der Waals surface area contributed by atoms with Crippen LogP contribution in [0.3, 0.4) is 0 Å². The molecule has 28 heavy (non-hydrogen) atoms. The first-order chi connectivity index (χ1) is 13.6. The number of rotatable bonds is 5. The standard InChI is InChI=1S/C22H24FN3O2/c1-25-14-24-12-16(25)13-26-9-8-15-10-20(27-2)21(28-3)11-18(15)22(26)17-6-4-5-7-19(17)23/h4-7,10-12,14,22H,8-9,13H2,1-3H3/t22-/m1/s1. The summed E-state index contributed by atoms with van der Waals surface area (Å²) >= 11 is 0. The Morgan fingerprint density at radius 2 is 1.86 bits per heavy atom. The molecular weight excluding hydrogens is 357 g/mol. The zero-order valence-electron chi connectivity index (χ0n) is 16.4. The molecule has 1 aliphatic rings. The fraction of sp³-hybridized carbons (Fsp3) is 0.318. The first kappa shape index (κ1) is 18.5. The third kappa shape index (κ3) is 3.24. The molecule has 0 spiro atoms. The number of methoxy groups -OCH3 is 2. The van der Waals surface area contributed by atoms with E-state index in [-0.39, 0.29) is 11.9 Å². The summed E-state index contributed by atoms with van der Waals surface area (Å²) in [5.41, 5.74) is 3.96. The third-order valence-electron chi connectivity index (χ3n) is 5.45. The number of hydrogen-bond acceptors (Lipinski definition) is 4. The molecule has 0 unspecified atom stereocenters. The summed E-state index contributed by atoms with van der Waals surface area (Å²) in [7, 11) is 5.24. The lowest BCUT2D eigenvalue weighted by atomic mass is 9.87. The lowest BCUT2D eigenvalue weighted by Crippen LogP contribution is -2.36. The van der Waals surface area contributed by atoms with Gasteiger partial charge in [-0.05, 0) is 35.7 Å². The normalized spacial score (nSPS) is 16.6. The molecule has 6 heteroatoms. The molecule has 0 fully saturated rings. The Morgan fingerprint density at radius 3 is 2.54 bits per heavy atom. The van der Waals surface area contributed by atoms with Crippen molar-refractivity contribution in [2.24, 2.45) is 7.05 Å². The highest BCUT2D eigenvalue weighted by molar-refractivity contribution is 5.51. The summed E-state index contributed by atoms with van der Waals surface area (Å²) < 4.78 is 27.8. The summed E-state index contributed by atoms with van der Waals surface area (Å²) in [6.45, 7) is 1.50. The van der Waals surface area contributed by atoms with Crippen molar-refractivity contribution in [3.8, 4) is 11.5 Å². The molecule has 0 aliphatic carbocycles. The number of halogens is 1. The molecule has 146 valence electrons. The molecule has 3 aromatic rings. The number of imidazole rings is 1. The Balaban J connectivity index is 1.83. The van der Waals surface area contributed by atoms with Gasteiger partial charge in [-0.1, -0.05) is 18.2 Å². The minimum atomic E-state index is -0.209. The smallest absolute Gasteiger partial charge is 0.161 e. The quantitative estimate of drug-likeness (QED) is 0.675. The fourth-order valence-electron chi connectivity index (χ4n) is 3.97. The van der Waals surface area contributed by atoms with Crippen LogP contribution in [0.2, 0.25) is 0 Å². The maximum absolute atomic E-state index is 14.8. The average Bonchev–Trinajstić information content (AvgIpc) is 3.12. The molecule has 2 heterocycles. The van der Waals surface area contributed by atoms with Gasteiger partial charge in [0.1, 0.15) is 5.82 Å². The van der Waals surface area contributed by atoms with Crippen LogP contribution in [0.15, 0.2) is 48.9 Å². The van der Waals surface area contributed by atoms with Gasteiger partial charge in [0.25, 0.3) is 0 Å². The largest absolute Gasteiger partial charge is 0.493 e. The summed E-state index contributed by atoms with van der Waals surface area (Å²) in [5.74, 6) is 1.16. The number of fused-ring (bicyclic) bond motifs is 1. The van der Waals surface area contributed by atoms with E-state index in [0.29, 0.717) is 23.6 Å². The summed E-state index contributed by atoms with van der Waals surface area (Å²) in [6.07, 6.45) is 4.51. The van der Waals surface area contributed by atoms with Crippen LogP contribution in [0.25, 0.3) is 0 Å². The van der Waals surface area contributed by atoms with Crippen LogP contribution in [0, 0.1) is 5.82 Å².